The molecule has 72 valence electrons. The Morgan fingerprint density at radius 3 is 2.64 bits per heavy atom. The van der Waals surface area contributed by atoms with E-state index >= 15 is 0 Å². The van der Waals surface area contributed by atoms with Crippen LogP contribution in [0.3, 0.4) is 0 Å². The van der Waals surface area contributed by atoms with Gasteiger partial charge in [-0.15, -0.1) is 0 Å². The third-order valence-electron chi connectivity index (χ3n) is 2.12. The topological polar surface area (TPSA) is 45.0 Å². The first-order valence-corrected chi connectivity index (χ1v) is 4.53. The molecule has 1 unspecified atom stereocenters. The van der Waals surface area contributed by atoms with Crippen LogP contribution in [0.2, 0.25) is 0 Å². The molecule has 4 heteroatoms. The van der Waals surface area contributed by atoms with E-state index in [0.29, 0.717) is 6.54 Å². The molecule has 2 rings (SSSR count). The molecular weight excluding hydrogens is 178 g/mol. The molecule has 0 aromatic heterocycles. The number of carbonyl (C=O) groups excluding carboxylic acids is 1. The predicted molar refractivity (Wildman–Crippen MR) is 51.3 cm³/mol. The van der Waals surface area contributed by atoms with E-state index in [9.17, 15) is 4.79 Å². The molecule has 1 aromatic carbocycles. The van der Waals surface area contributed by atoms with Gasteiger partial charge in [-0.1, -0.05) is 35.6 Å². The SMILES string of the molecule is CC1N=NN(Cc2ccccc2)C1=O. The van der Waals surface area contributed by atoms with Crippen molar-refractivity contribution in [3.63, 3.8) is 0 Å². The Morgan fingerprint density at radius 2 is 2.07 bits per heavy atom. The van der Waals surface area contributed by atoms with Crippen LogP contribution in [0.15, 0.2) is 40.7 Å². The number of rotatable bonds is 2. The number of hydrogen-bond acceptors (Lipinski definition) is 3. The van der Waals surface area contributed by atoms with Gasteiger partial charge in [0, 0.05) is 0 Å². The van der Waals surface area contributed by atoms with Crippen molar-refractivity contribution < 1.29 is 4.79 Å². The zero-order valence-corrected chi connectivity index (χ0v) is 7.92. The second-order valence-corrected chi connectivity index (χ2v) is 3.26. The first-order valence-electron chi connectivity index (χ1n) is 4.53. The smallest absolute Gasteiger partial charge is 0.270 e. The fraction of sp³-hybridized carbons (Fsp3) is 0.300. The Morgan fingerprint density at radius 1 is 1.36 bits per heavy atom. The van der Waals surface area contributed by atoms with Gasteiger partial charge in [-0.3, -0.25) is 4.79 Å². The van der Waals surface area contributed by atoms with Crippen molar-refractivity contribution in [2.24, 2.45) is 10.3 Å². The zero-order chi connectivity index (χ0) is 9.97. The van der Waals surface area contributed by atoms with Crippen molar-refractivity contribution in [1.82, 2.24) is 5.01 Å². The van der Waals surface area contributed by atoms with Gasteiger partial charge in [0.25, 0.3) is 5.91 Å². The molecule has 0 bridgehead atoms. The maximum atomic E-state index is 11.4. The van der Waals surface area contributed by atoms with E-state index in [2.05, 4.69) is 10.3 Å². The van der Waals surface area contributed by atoms with Gasteiger partial charge < -0.3 is 0 Å². The maximum absolute atomic E-state index is 11.4. The quantitative estimate of drug-likeness (QED) is 0.699. The van der Waals surface area contributed by atoms with Crippen LogP contribution < -0.4 is 0 Å². The fourth-order valence-electron chi connectivity index (χ4n) is 1.31. The van der Waals surface area contributed by atoms with Gasteiger partial charge in [0.15, 0.2) is 6.04 Å². The van der Waals surface area contributed by atoms with Crippen LogP contribution in [0, 0.1) is 0 Å². The van der Waals surface area contributed by atoms with Gasteiger partial charge in [0.2, 0.25) is 0 Å². The monoisotopic (exact) mass is 189 g/mol. The molecule has 0 aliphatic carbocycles. The van der Waals surface area contributed by atoms with E-state index in [0.717, 1.165) is 5.56 Å². The number of amides is 1. The summed E-state index contributed by atoms with van der Waals surface area (Å²) in [6, 6.07) is 9.43. The number of benzene rings is 1. The van der Waals surface area contributed by atoms with E-state index in [1.165, 1.54) is 5.01 Å². The van der Waals surface area contributed by atoms with Crippen LogP contribution in [-0.2, 0) is 11.3 Å². The standard InChI is InChI=1S/C10H11N3O/c1-8-10(14)13(12-11-8)7-9-5-3-2-4-6-9/h2-6,8H,7H2,1H3. The lowest BCUT2D eigenvalue weighted by Gasteiger charge is -2.10. The van der Waals surface area contributed by atoms with Gasteiger partial charge in [-0.05, 0) is 12.5 Å². The third kappa shape index (κ3) is 1.64. The predicted octanol–water partition coefficient (Wildman–Crippen LogP) is 1.78. The highest BCUT2D eigenvalue weighted by atomic mass is 16.2. The van der Waals surface area contributed by atoms with Crippen molar-refractivity contribution in [2.45, 2.75) is 19.5 Å². The van der Waals surface area contributed by atoms with Crippen molar-refractivity contribution >= 4 is 5.91 Å². The number of carbonyl (C=O) groups is 1. The first kappa shape index (κ1) is 8.87. The van der Waals surface area contributed by atoms with Crippen LogP contribution in [0.1, 0.15) is 12.5 Å². The van der Waals surface area contributed by atoms with Gasteiger partial charge in [0.05, 0.1) is 6.54 Å². The minimum absolute atomic E-state index is 0.0335. The molecule has 1 atom stereocenters. The molecule has 4 nitrogen and oxygen atoms in total. The summed E-state index contributed by atoms with van der Waals surface area (Å²) in [6.07, 6.45) is 0. The van der Waals surface area contributed by atoms with Gasteiger partial charge in [0.1, 0.15) is 0 Å². The van der Waals surface area contributed by atoms with Crippen LogP contribution in [-0.4, -0.2) is 17.0 Å². The Balaban J connectivity index is 2.07. The minimum atomic E-state index is -0.321. The van der Waals surface area contributed by atoms with Gasteiger partial charge >= 0.3 is 0 Å². The van der Waals surface area contributed by atoms with Crippen molar-refractivity contribution in [3.8, 4) is 0 Å². The molecule has 0 saturated heterocycles. The largest absolute Gasteiger partial charge is 0.270 e. The van der Waals surface area contributed by atoms with Gasteiger partial charge in [-0.2, -0.15) is 5.11 Å². The van der Waals surface area contributed by atoms with Crippen molar-refractivity contribution in [3.05, 3.63) is 35.9 Å². The summed E-state index contributed by atoms with van der Waals surface area (Å²) in [5, 5.41) is 9.00. The summed E-state index contributed by atoms with van der Waals surface area (Å²) in [6.45, 7) is 2.25. The summed E-state index contributed by atoms with van der Waals surface area (Å²) in [5.74, 6) is -0.0335. The van der Waals surface area contributed by atoms with Crippen molar-refractivity contribution in [1.29, 1.82) is 0 Å². The van der Waals surface area contributed by atoms with E-state index in [1.54, 1.807) is 6.92 Å². The second-order valence-electron chi connectivity index (χ2n) is 3.26. The van der Waals surface area contributed by atoms with E-state index in [-0.39, 0.29) is 11.9 Å². The molecule has 1 amide bonds. The van der Waals surface area contributed by atoms with E-state index in [4.69, 9.17) is 0 Å². The van der Waals surface area contributed by atoms with E-state index in [1.807, 2.05) is 30.3 Å². The first-order chi connectivity index (χ1) is 6.77. The Hall–Kier alpha value is -1.71. The van der Waals surface area contributed by atoms with Crippen molar-refractivity contribution in [2.75, 3.05) is 0 Å². The van der Waals surface area contributed by atoms with Crippen LogP contribution >= 0.6 is 0 Å². The number of nitrogens with zero attached hydrogens (tertiary/aromatic N) is 3. The maximum Gasteiger partial charge on any atom is 0.270 e. The molecule has 1 aliphatic heterocycles. The molecule has 0 N–H and O–H groups in total. The van der Waals surface area contributed by atoms with Crippen LogP contribution in [0.4, 0.5) is 0 Å². The van der Waals surface area contributed by atoms with E-state index < -0.39 is 0 Å². The lowest BCUT2D eigenvalue weighted by Crippen LogP contribution is -2.26. The summed E-state index contributed by atoms with van der Waals surface area (Å²) < 4.78 is 0. The highest BCUT2D eigenvalue weighted by Gasteiger charge is 2.25. The Bertz CT molecular complexity index is 361. The summed E-state index contributed by atoms with van der Waals surface area (Å²) in [7, 11) is 0. The Kier molecular flexibility index (Phi) is 2.26. The van der Waals surface area contributed by atoms with Crippen LogP contribution in [0.5, 0.6) is 0 Å². The lowest BCUT2D eigenvalue weighted by atomic mass is 10.2. The molecule has 0 fully saturated rings. The third-order valence-corrected chi connectivity index (χ3v) is 2.12. The normalized spacial score (nSPS) is 20.5. The highest BCUT2D eigenvalue weighted by molar-refractivity contribution is 5.82. The molecule has 0 saturated carbocycles. The molecule has 0 spiro atoms. The number of hydrogen-bond donors (Lipinski definition) is 0. The molecule has 14 heavy (non-hydrogen) atoms. The molecular formula is C10H11N3O. The second kappa shape index (κ2) is 3.57. The zero-order valence-electron chi connectivity index (χ0n) is 7.92. The lowest BCUT2D eigenvalue weighted by molar-refractivity contribution is -0.130. The summed E-state index contributed by atoms with van der Waals surface area (Å²) in [5.41, 5.74) is 1.06. The van der Waals surface area contributed by atoms with Crippen LogP contribution in [0.25, 0.3) is 0 Å². The molecule has 1 heterocycles. The summed E-state index contributed by atoms with van der Waals surface area (Å²) in [4.78, 5) is 11.4. The Labute approximate surface area is 82.2 Å². The average molecular weight is 189 g/mol. The minimum Gasteiger partial charge on any atom is -0.270 e. The van der Waals surface area contributed by atoms with Gasteiger partial charge in [-0.25, -0.2) is 5.01 Å². The molecule has 1 aromatic rings. The molecule has 1 aliphatic rings. The average Bonchev–Trinajstić information content (AvgIpc) is 2.52. The highest BCUT2D eigenvalue weighted by Crippen LogP contribution is 2.13. The summed E-state index contributed by atoms with van der Waals surface area (Å²) >= 11 is 0. The fourth-order valence-corrected chi connectivity index (χ4v) is 1.31. The molecule has 0 radical (unpaired) electrons.